The van der Waals surface area contributed by atoms with Gasteiger partial charge in [-0.25, -0.2) is 4.39 Å². The molecule has 1 fully saturated rings. The third-order valence-corrected chi connectivity index (χ3v) is 4.23. The van der Waals surface area contributed by atoms with Crippen molar-refractivity contribution >= 4 is 24.0 Å². The van der Waals surface area contributed by atoms with Gasteiger partial charge in [-0.2, -0.15) is 0 Å². The first kappa shape index (κ1) is 18.7. The van der Waals surface area contributed by atoms with Crippen molar-refractivity contribution in [3.05, 3.63) is 34.6 Å². The highest BCUT2D eigenvalue weighted by Gasteiger charge is 2.24. The van der Waals surface area contributed by atoms with E-state index in [1.807, 2.05) is 6.07 Å². The van der Waals surface area contributed by atoms with Gasteiger partial charge in [0.1, 0.15) is 5.82 Å². The second-order valence-electron chi connectivity index (χ2n) is 5.46. The SMILES string of the molecule is CCCCC[C@@H](c1ccc(Cl)cc1F)N1CCNCC1.Cl. The van der Waals surface area contributed by atoms with Crippen molar-refractivity contribution in [3.63, 3.8) is 0 Å². The first-order valence-corrected chi connectivity index (χ1v) is 8.00. The topological polar surface area (TPSA) is 15.3 Å². The smallest absolute Gasteiger partial charge is 0.129 e. The molecule has 2 nitrogen and oxygen atoms in total. The zero-order valence-corrected chi connectivity index (χ0v) is 14.2. The minimum absolute atomic E-state index is 0. The quantitative estimate of drug-likeness (QED) is 0.774. The molecule has 120 valence electrons. The molecule has 5 heteroatoms. The Morgan fingerprint density at radius 2 is 2.00 bits per heavy atom. The van der Waals surface area contributed by atoms with E-state index < -0.39 is 0 Å². The predicted molar refractivity (Wildman–Crippen MR) is 90.0 cm³/mol. The van der Waals surface area contributed by atoms with Crippen molar-refractivity contribution in [1.29, 1.82) is 0 Å². The van der Waals surface area contributed by atoms with Gasteiger partial charge in [0.25, 0.3) is 0 Å². The summed E-state index contributed by atoms with van der Waals surface area (Å²) in [6.45, 7) is 6.14. The Morgan fingerprint density at radius 1 is 1.29 bits per heavy atom. The monoisotopic (exact) mass is 334 g/mol. The molecule has 1 heterocycles. The van der Waals surface area contributed by atoms with E-state index >= 15 is 0 Å². The van der Waals surface area contributed by atoms with Crippen LogP contribution in [0.2, 0.25) is 5.02 Å². The molecule has 21 heavy (non-hydrogen) atoms. The summed E-state index contributed by atoms with van der Waals surface area (Å²) in [6.07, 6.45) is 4.56. The van der Waals surface area contributed by atoms with Crippen LogP contribution in [-0.2, 0) is 0 Å². The molecule has 1 atom stereocenters. The van der Waals surface area contributed by atoms with Crippen LogP contribution in [0.1, 0.15) is 44.2 Å². The van der Waals surface area contributed by atoms with Crippen LogP contribution in [0.25, 0.3) is 0 Å². The molecule has 0 unspecified atom stereocenters. The molecule has 0 amide bonds. The van der Waals surface area contributed by atoms with Gasteiger partial charge in [0, 0.05) is 42.8 Å². The Bertz CT molecular complexity index is 423. The lowest BCUT2D eigenvalue weighted by molar-refractivity contribution is 0.159. The summed E-state index contributed by atoms with van der Waals surface area (Å²) >= 11 is 5.87. The van der Waals surface area contributed by atoms with E-state index in [1.165, 1.54) is 18.9 Å². The Kier molecular flexibility index (Phi) is 8.57. The number of hydrogen-bond donors (Lipinski definition) is 1. The number of piperazine rings is 1. The molecule has 1 aliphatic heterocycles. The molecule has 1 aliphatic rings. The fourth-order valence-corrected chi connectivity index (χ4v) is 3.05. The maximum absolute atomic E-state index is 14.2. The van der Waals surface area contributed by atoms with Crippen molar-refractivity contribution in [1.82, 2.24) is 10.2 Å². The second kappa shape index (κ2) is 9.62. The van der Waals surface area contributed by atoms with E-state index in [1.54, 1.807) is 6.07 Å². The second-order valence-corrected chi connectivity index (χ2v) is 5.90. The Hall–Kier alpha value is -0.350. The van der Waals surface area contributed by atoms with Gasteiger partial charge in [-0.1, -0.05) is 43.9 Å². The Balaban J connectivity index is 0.00000220. The molecule has 0 spiro atoms. The molecule has 1 N–H and O–H groups in total. The number of unbranched alkanes of at least 4 members (excludes halogenated alkanes) is 2. The van der Waals surface area contributed by atoms with Crippen molar-refractivity contribution in [2.24, 2.45) is 0 Å². The van der Waals surface area contributed by atoms with E-state index in [2.05, 4.69) is 17.1 Å². The lowest BCUT2D eigenvalue weighted by atomic mass is 9.97. The number of hydrogen-bond acceptors (Lipinski definition) is 2. The number of benzene rings is 1. The third-order valence-electron chi connectivity index (χ3n) is 3.99. The van der Waals surface area contributed by atoms with Crippen molar-refractivity contribution < 1.29 is 4.39 Å². The van der Waals surface area contributed by atoms with Crippen LogP contribution in [0, 0.1) is 5.82 Å². The first-order chi connectivity index (χ1) is 9.72. The minimum Gasteiger partial charge on any atom is -0.314 e. The standard InChI is InChI=1S/C16H24ClFN2.ClH/c1-2-3-4-5-16(20-10-8-19-9-11-20)14-7-6-13(17)12-15(14)18;/h6-7,12,16,19H,2-5,8-11H2,1H3;1H/t16-;/m0./s1. The molecule has 1 saturated heterocycles. The summed E-state index contributed by atoms with van der Waals surface area (Å²) in [6, 6.07) is 5.28. The van der Waals surface area contributed by atoms with Gasteiger partial charge in [-0.3, -0.25) is 4.90 Å². The van der Waals surface area contributed by atoms with E-state index in [4.69, 9.17) is 11.6 Å². The third kappa shape index (κ3) is 5.41. The number of rotatable bonds is 6. The molecular formula is C16H25Cl2FN2. The van der Waals surface area contributed by atoms with Crippen LogP contribution in [0.5, 0.6) is 0 Å². The van der Waals surface area contributed by atoms with Crippen molar-refractivity contribution in [3.8, 4) is 0 Å². The van der Waals surface area contributed by atoms with Crippen LogP contribution in [-0.4, -0.2) is 31.1 Å². The molecule has 0 radical (unpaired) electrons. The van der Waals surface area contributed by atoms with Gasteiger partial charge < -0.3 is 5.32 Å². The van der Waals surface area contributed by atoms with Crippen molar-refractivity contribution in [2.45, 2.75) is 38.6 Å². The number of nitrogens with zero attached hydrogens (tertiary/aromatic N) is 1. The summed E-state index contributed by atoms with van der Waals surface area (Å²) < 4.78 is 14.2. The number of halogens is 3. The molecule has 2 rings (SSSR count). The fraction of sp³-hybridized carbons (Fsp3) is 0.625. The average molecular weight is 335 g/mol. The van der Waals surface area contributed by atoms with Crippen LogP contribution in [0.15, 0.2) is 18.2 Å². The number of nitrogens with one attached hydrogen (secondary N) is 1. The normalized spacial score (nSPS) is 17.3. The summed E-state index contributed by atoms with van der Waals surface area (Å²) in [5.41, 5.74) is 0.799. The summed E-state index contributed by atoms with van der Waals surface area (Å²) in [5, 5.41) is 3.83. The van der Waals surface area contributed by atoms with E-state index in [0.29, 0.717) is 5.02 Å². The van der Waals surface area contributed by atoms with Gasteiger partial charge in [-0.15, -0.1) is 12.4 Å². The fourth-order valence-electron chi connectivity index (χ4n) is 2.89. The van der Waals surface area contributed by atoms with Gasteiger partial charge >= 0.3 is 0 Å². The van der Waals surface area contributed by atoms with Crippen LogP contribution in [0.3, 0.4) is 0 Å². The van der Waals surface area contributed by atoms with Gasteiger partial charge in [0.15, 0.2) is 0 Å². The van der Waals surface area contributed by atoms with Gasteiger partial charge in [-0.05, 0) is 18.6 Å². The molecule has 0 aliphatic carbocycles. The predicted octanol–water partition coefficient (Wildman–Crippen LogP) is 4.43. The maximum Gasteiger partial charge on any atom is 0.129 e. The maximum atomic E-state index is 14.2. The first-order valence-electron chi connectivity index (χ1n) is 7.62. The highest BCUT2D eigenvalue weighted by atomic mass is 35.5. The molecule has 0 saturated carbocycles. The zero-order valence-electron chi connectivity index (χ0n) is 12.6. The lowest BCUT2D eigenvalue weighted by Crippen LogP contribution is -2.45. The van der Waals surface area contributed by atoms with Crippen LogP contribution >= 0.6 is 24.0 Å². The molecular weight excluding hydrogens is 310 g/mol. The van der Waals surface area contributed by atoms with E-state index in [-0.39, 0.29) is 24.3 Å². The highest BCUT2D eigenvalue weighted by Crippen LogP contribution is 2.30. The van der Waals surface area contributed by atoms with Crippen LogP contribution in [0.4, 0.5) is 4.39 Å². The van der Waals surface area contributed by atoms with Crippen LogP contribution < -0.4 is 5.32 Å². The summed E-state index contributed by atoms with van der Waals surface area (Å²) in [4.78, 5) is 2.40. The van der Waals surface area contributed by atoms with Gasteiger partial charge in [0.05, 0.1) is 0 Å². The average Bonchev–Trinajstić information content (AvgIpc) is 2.46. The van der Waals surface area contributed by atoms with E-state index in [9.17, 15) is 4.39 Å². The molecule has 0 bridgehead atoms. The molecule has 0 aromatic heterocycles. The van der Waals surface area contributed by atoms with E-state index in [0.717, 1.165) is 44.6 Å². The summed E-state index contributed by atoms with van der Waals surface area (Å²) in [5.74, 6) is -0.169. The van der Waals surface area contributed by atoms with Gasteiger partial charge in [0.2, 0.25) is 0 Å². The Labute approximate surface area is 138 Å². The molecule has 1 aromatic rings. The van der Waals surface area contributed by atoms with Crippen molar-refractivity contribution in [2.75, 3.05) is 26.2 Å². The zero-order chi connectivity index (χ0) is 14.4. The summed E-state index contributed by atoms with van der Waals surface area (Å²) in [7, 11) is 0. The largest absolute Gasteiger partial charge is 0.314 e. The highest BCUT2D eigenvalue weighted by molar-refractivity contribution is 6.30. The lowest BCUT2D eigenvalue weighted by Gasteiger charge is -2.35. The molecule has 1 aromatic carbocycles. The Morgan fingerprint density at radius 3 is 2.62 bits per heavy atom. The minimum atomic E-state index is -0.169.